The number of rotatable bonds is 6. The molecule has 0 saturated carbocycles. The summed E-state index contributed by atoms with van der Waals surface area (Å²) in [6.07, 6.45) is -0.504. The highest BCUT2D eigenvalue weighted by atomic mass is 35.5. The molecule has 0 bridgehead atoms. The first-order valence-electron chi connectivity index (χ1n) is 8.73. The summed E-state index contributed by atoms with van der Waals surface area (Å²) >= 11 is 6.21. The van der Waals surface area contributed by atoms with E-state index in [1.807, 2.05) is 12.1 Å². The van der Waals surface area contributed by atoms with Gasteiger partial charge in [0.25, 0.3) is 5.91 Å². The monoisotopic (exact) mass is 404 g/mol. The summed E-state index contributed by atoms with van der Waals surface area (Å²) in [5.41, 5.74) is 1.06. The molecule has 1 atom stereocenters. The summed E-state index contributed by atoms with van der Waals surface area (Å²) in [6.45, 7) is 1.91. The van der Waals surface area contributed by atoms with Crippen LogP contribution in [-0.4, -0.2) is 38.7 Å². The topological polar surface area (TPSA) is 77.1 Å². The Morgan fingerprint density at radius 3 is 2.61 bits per heavy atom. The van der Waals surface area contributed by atoms with Gasteiger partial charge in [-0.25, -0.2) is 0 Å². The summed E-state index contributed by atoms with van der Waals surface area (Å²) in [5, 5.41) is 3.08. The van der Waals surface area contributed by atoms with E-state index in [0.29, 0.717) is 33.6 Å². The number of nitrogens with zero attached hydrogens (tertiary/aromatic N) is 1. The summed E-state index contributed by atoms with van der Waals surface area (Å²) < 4.78 is 16.0. The van der Waals surface area contributed by atoms with Gasteiger partial charge in [0.1, 0.15) is 5.75 Å². The van der Waals surface area contributed by atoms with Crippen LogP contribution in [0.5, 0.6) is 17.2 Å². The molecule has 1 aliphatic heterocycles. The van der Waals surface area contributed by atoms with Crippen molar-refractivity contribution in [3.63, 3.8) is 0 Å². The van der Waals surface area contributed by atoms with Gasteiger partial charge in [0, 0.05) is 25.1 Å². The third-order valence-corrected chi connectivity index (χ3v) is 4.70. The minimum atomic E-state index is -0.599. The second-order valence-corrected chi connectivity index (χ2v) is 6.61. The lowest BCUT2D eigenvalue weighted by atomic mass is 10.1. The highest BCUT2D eigenvalue weighted by Gasteiger charge is 2.31. The van der Waals surface area contributed by atoms with Gasteiger partial charge in [-0.05, 0) is 19.1 Å². The van der Waals surface area contributed by atoms with E-state index in [-0.39, 0.29) is 24.8 Å². The molecule has 2 aromatic rings. The van der Waals surface area contributed by atoms with Gasteiger partial charge < -0.3 is 24.4 Å². The molecular formula is C20H21ClN2O5. The molecule has 2 amide bonds. The molecule has 1 heterocycles. The van der Waals surface area contributed by atoms with Crippen LogP contribution in [0.3, 0.4) is 0 Å². The lowest BCUT2D eigenvalue weighted by molar-refractivity contribution is -0.125. The number of anilines is 2. The van der Waals surface area contributed by atoms with Crippen LogP contribution in [-0.2, 0) is 9.59 Å². The Hall–Kier alpha value is -2.93. The highest BCUT2D eigenvalue weighted by Crippen LogP contribution is 2.36. The predicted molar refractivity (Wildman–Crippen MR) is 107 cm³/mol. The summed E-state index contributed by atoms with van der Waals surface area (Å²) in [4.78, 5) is 26.5. The number of ether oxygens (including phenoxy) is 3. The lowest BCUT2D eigenvalue weighted by Gasteiger charge is -2.32. The van der Waals surface area contributed by atoms with Crippen molar-refractivity contribution in [2.24, 2.45) is 0 Å². The number of carbonyl (C=O) groups excluding carboxylic acids is 2. The molecule has 8 heteroatoms. The molecule has 0 radical (unpaired) electrons. The lowest BCUT2D eigenvalue weighted by Crippen LogP contribution is -2.45. The van der Waals surface area contributed by atoms with Crippen LogP contribution in [0.2, 0.25) is 5.02 Å². The van der Waals surface area contributed by atoms with Gasteiger partial charge in [-0.3, -0.25) is 9.59 Å². The Labute approximate surface area is 168 Å². The standard InChI is InChI=1S/C20H21ClN2O5/c1-12-20(25)23(15-6-4-5-7-16(15)28-12)9-8-19(24)22-14-11-18(27-3)17(26-2)10-13(14)21/h4-7,10-12H,8-9H2,1-3H3,(H,22,24)/t12-/m0/s1. The van der Waals surface area contributed by atoms with Crippen molar-refractivity contribution in [2.75, 3.05) is 31.0 Å². The van der Waals surface area contributed by atoms with E-state index in [4.69, 9.17) is 25.8 Å². The van der Waals surface area contributed by atoms with E-state index in [0.717, 1.165) is 0 Å². The molecule has 0 spiro atoms. The minimum absolute atomic E-state index is 0.0947. The maximum absolute atomic E-state index is 12.5. The molecule has 0 aromatic heterocycles. The number of nitrogens with one attached hydrogen (secondary N) is 1. The van der Waals surface area contributed by atoms with Gasteiger partial charge in [0.2, 0.25) is 5.91 Å². The maximum Gasteiger partial charge on any atom is 0.267 e. The van der Waals surface area contributed by atoms with Gasteiger partial charge in [-0.1, -0.05) is 23.7 Å². The van der Waals surface area contributed by atoms with Gasteiger partial charge in [0.05, 0.1) is 30.6 Å². The number of para-hydroxylation sites is 2. The fourth-order valence-corrected chi connectivity index (χ4v) is 3.17. The molecule has 3 rings (SSSR count). The van der Waals surface area contributed by atoms with Crippen molar-refractivity contribution in [1.29, 1.82) is 0 Å². The van der Waals surface area contributed by atoms with Crippen LogP contribution in [0.25, 0.3) is 0 Å². The molecule has 7 nitrogen and oxygen atoms in total. The molecule has 2 aromatic carbocycles. The summed E-state index contributed by atoms with van der Waals surface area (Å²) in [5.74, 6) is 1.08. The highest BCUT2D eigenvalue weighted by molar-refractivity contribution is 6.34. The number of hydrogen-bond acceptors (Lipinski definition) is 5. The Bertz CT molecular complexity index is 902. The number of amides is 2. The number of fused-ring (bicyclic) bond motifs is 1. The molecular weight excluding hydrogens is 384 g/mol. The van der Waals surface area contributed by atoms with Crippen LogP contribution in [0.4, 0.5) is 11.4 Å². The van der Waals surface area contributed by atoms with E-state index < -0.39 is 6.10 Å². The van der Waals surface area contributed by atoms with Gasteiger partial charge >= 0.3 is 0 Å². The second-order valence-electron chi connectivity index (χ2n) is 6.20. The van der Waals surface area contributed by atoms with E-state index >= 15 is 0 Å². The normalized spacial score (nSPS) is 15.5. The molecule has 1 aliphatic rings. The zero-order valence-corrected chi connectivity index (χ0v) is 16.6. The zero-order chi connectivity index (χ0) is 20.3. The Balaban J connectivity index is 1.70. The molecule has 148 valence electrons. The average Bonchev–Trinajstić information content (AvgIpc) is 2.69. The van der Waals surface area contributed by atoms with Crippen molar-refractivity contribution < 1.29 is 23.8 Å². The molecule has 1 N–H and O–H groups in total. The van der Waals surface area contributed by atoms with E-state index in [1.54, 1.807) is 36.1 Å². The molecule has 0 aliphatic carbocycles. The van der Waals surface area contributed by atoms with Gasteiger partial charge in [-0.15, -0.1) is 0 Å². The minimum Gasteiger partial charge on any atom is -0.493 e. The summed E-state index contributed by atoms with van der Waals surface area (Å²) in [6, 6.07) is 10.4. The number of halogens is 1. The maximum atomic E-state index is 12.5. The SMILES string of the molecule is COc1cc(Cl)c(NC(=O)CCN2C(=O)[C@H](C)Oc3ccccc32)cc1OC. The van der Waals surface area contributed by atoms with E-state index in [1.165, 1.54) is 14.2 Å². The Morgan fingerprint density at radius 2 is 1.89 bits per heavy atom. The van der Waals surface area contributed by atoms with Gasteiger partial charge in [0.15, 0.2) is 17.6 Å². The Kier molecular flexibility index (Phi) is 5.94. The van der Waals surface area contributed by atoms with Crippen LogP contribution in [0.1, 0.15) is 13.3 Å². The molecule has 0 fully saturated rings. The Morgan fingerprint density at radius 1 is 1.21 bits per heavy atom. The number of carbonyl (C=O) groups is 2. The zero-order valence-electron chi connectivity index (χ0n) is 15.8. The van der Waals surface area contributed by atoms with Gasteiger partial charge in [-0.2, -0.15) is 0 Å². The van der Waals surface area contributed by atoms with Crippen LogP contribution in [0, 0.1) is 0 Å². The predicted octanol–water partition coefficient (Wildman–Crippen LogP) is 3.50. The average molecular weight is 405 g/mol. The fraction of sp³-hybridized carbons (Fsp3) is 0.300. The van der Waals surface area contributed by atoms with Crippen molar-refractivity contribution in [1.82, 2.24) is 0 Å². The first-order chi connectivity index (χ1) is 13.4. The van der Waals surface area contributed by atoms with Crippen molar-refractivity contribution in [3.8, 4) is 17.2 Å². The van der Waals surface area contributed by atoms with E-state index in [2.05, 4.69) is 5.32 Å². The number of benzene rings is 2. The van der Waals surface area contributed by atoms with Crippen LogP contribution >= 0.6 is 11.6 Å². The third-order valence-electron chi connectivity index (χ3n) is 4.38. The number of methoxy groups -OCH3 is 2. The van der Waals surface area contributed by atoms with Crippen molar-refractivity contribution in [3.05, 3.63) is 41.4 Å². The third kappa shape index (κ3) is 3.99. The van der Waals surface area contributed by atoms with Crippen molar-refractivity contribution >= 4 is 34.8 Å². The fourth-order valence-electron chi connectivity index (χ4n) is 2.97. The molecule has 28 heavy (non-hydrogen) atoms. The first kappa shape index (κ1) is 19.8. The van der Waals surface area contributed by atoms with Crippen LogP contribution < -0.4 is 24.4 Å². The molecule has 0 unspecified atom stereocenters. The molecule has 0 saturated heterocycles. The number of hydrogen-bond donors (Lipinski definition) is 1. The van der Waals surface area contributed by atoms with Crippen molar-refractivity contribution in [2.45, 2.75) is 19.4 Å². The summed E-state index contributed by atoms with van der Waals surface area (Å²) in [7, 11) is 3.00. The van der Waals surface area contributed by atoms with Crippen LogP contribution in [0.15, 0.2) is 36.4 Å². The first-order valence-corrected chi connectivity index (χ1v) is 9.10. The van der Waals surface area contributed by atoms with E-state index in [9.17, 15) is 9.59 Å². The second kappa shape index (κ2) is 8.39. The largest absolute Gasteiger partial charge is 0.493 e. The smallest absolute Gasteiger partial charge is 0.267 e. The quantitative estimate of drug-likeness (QED) is 0.797.